The molecule has 0 aliphatic rings. The van der Waals surface area contributed by atoms with Gasteiger partial charge in [0.2, 0.25) is 5.91 Å². The van der Waals surface area contributed by atoms with Gasteiger partial charge in [0.05, 0.1) is 6.42 Å². The maximum atomic E-state index is 11.8. The Labute approximate surface area is 103 Å². The Morgan fingerprint density at radius 1 is 1.29 bits per heavy atom. The predicted octanol–water partition coefficient (Wildman–Crippen LogP) is 1.51. The second kappa shape index (κ2) is 8.98. The van der Waals surface area contributed by atoms with Gasteiger partial charge in [-0.15, -0.1) is 0 Å². The molecule has 5 heteroatoms. The van der Waals surface area contributed by atoms with Crippen LogP contribution in [0.4, 0.5) is 0 Å². The number of carbonyl (C=O) groups is 2. The van der Waals surface area contributed by atoms with Crippen LogP contribution in [0.3, 0.4) is 0 Å². The number of nitrogens with zero attached hydrogens (tertiary/aromatic N) is 1. The number of rotatable bonds is 9. The summed E-state index contributed by atoms with van der Waals surface area (Å²) in [7, 11) is 0. The first-order valence-corrected chi connectivity index (χ1v) is 6.08. The van der Waals surface area contributed by atoms with E-state index in [2.05, 4.69) is 0 Å². The van der Waals surface area contributed by atoms with Crippen LogP contribution < -0.4 is 0 Å². The Kier molecular flexibility index (Phi) is 8.40. The molecule has 0 radical (unpaired) electrons. The maximum Gasteiger partial charge on any atom is 0.305 e. The Morgan fingerprint density at radius 2 is 1.94 bits per heavy atom. The summed E-state index contributed by atoms with van der Waals surface area (Å²) >= 11 is 0. The fraction of sp³-hybridized carbons (Fsp3) is 0.833. The van der Waals surface area contributed by atoms with E-state index in [4.69, 9.17) is 9.84 Å². The van der Waals surface area contributed by atoms with Crippen molar-refractivity contribution >= 4 is 11.9 Å². The minimum atomic E-state index is -0.877. The number of amides is 1. The summed E-state index contributed by atoms with van der Waals surface area (Å²) in [4.78, 5) is 23.9. The minimum Gasteiger partial charge on any atom is -0.481 e. The van der Waals surface area contributed by atoms with Crippen molar-refractivity contribution in [3.05, 3.63) is 0 Å². The minimum absolute atomic E-state index is 0.000882. The Bertz CT molecular complexity index is 241. The lowest BCUT2D eigenvalue weighted by atomic mass is 10.2. The molecule has 5 nitrogen and oxygen atoms in total. The molecule has 0 aliphatic carbocycles. The normalized spacial score (nSPS) is 10.6. The molecule has 0 unspecified atom stereocenters. The zero-order valence-electron chi connectivity index (χ0n) is 10.9. The van der Waals surface area contributed by atoms with Crippen LogP contribution in [-0.2, 0) is 14.3 Å². The van der Waals surface area contributed by atoms with Gasteiger partial charge in [-0.05, 0) is 27.2 Å². The third-order valence-electron chi connectivity index (χ3n) is 2.39. The first-order valence-electron chi connectivity index (χ1n) is 6.08. The second-order valence-electron chi connectivity index (χ2n) is 4.13. The van der Waals surface area contributed by atoms with Crippen molar-refractivity contribution in [2.75, 3.05) is 19.8 Å². The highest BCUT2D eigenvalue weighted by atomic mass is 16.5. The highest BCUT2D eigenvalue weighted by Crippen LogP contribution is 2.05. The molecule has 1 N–H and O–H groups in total. The van der Waals surface area contributed by atoms with Crippen LogP contribution in [0.5, 0.6) is 0 Å². The second-order valence-corrected chi connectivity index (χ2v) is 4.13. The summed E-state index contributed by atoms with van der Waals surface area (Å²) in [6, 6.07) is 0.0361. The van der Waals surface area contributed by atoms with E-state index in [1.807, 2.05) is 20.8 Å². The van der Waals surface area contributed by atoms with Gasteiger partial charge in [0.1, 0.15) is 0 Å². The SMILES string of the molecule is CCOCCCC(=O)N(CCC(=O)O)C(C)C. The van der Waals surface area contributed by atoms with Crippen LogP contribution in [0.25, 0.3) is 0 Å². The van der Waals surface area contributed by atoms with Gasteiger partial charge >= 0.3 is 5.97 Å². The van der Waals surface area contributed by atoms with Crippen molar-refractivity contribution in [3.63, 3.8) is 0 Å². The van der Waals surface area contributed by atoms with E-state index in [1.54, 1.807) is 4.90 Å². The lowest BCUT2D eigenvalue weighted by Gasteiger charge is -2.26. The third-order valence-corrected chi connectivity index (χ3v) is 2.39. The topological polar surface area (TPSA) is 66.8 Å². The van der Waals surface area contributed by atoms with Crippen molar-refractivity contribution in [1.29, 1.82) is 0 Å². The van der Waals surface area contributed by atoms with Crippen molar-refractivity contribution in [1.82, 2.24) is 4.90 Å². The number of hydrogen-bond acceptors (Lipinski definition) is 3. The monoisotopic (exact) mass is 245 g/mol. The summed E-state index contributed by atoms with van der Waals surface area (Å²) in [6.07, 6.45) is 1.09. The van der Waals surface area contributed by atoms with Crippen LogP contribution in [0.2, 0.25) is 0 Å². The molecule has 0 saturated heterocycles. The van der Waals surface area contributed by atoms with Crippen LogP contribution in [0.1, 0.15) is 40.0 Å². The third kappa shape index (κ3) is 7.74. The fourth-order valence-corrected chi connectivity index (χ4v) is 1.50. The van der Waals surface area contributed by atoms with Gasteiger partial charge < -0.3 is 14.7 Å². The summed E-state index contributed by atoms with van der Waals surface area (Å²) in [5, 5.41) is 8.61. The molecule has 100 valence electrons. The van der Waals surface area contributed by atoms with Crippen molar-refractivity contribution in [3.8, 4) is 0 Å². The molecule has 0 aromatic heterocycles. The first-order chi connectivity index (χ1) is 7.99. The summed E-state index contributed by atoms with van der Waals surface area (Å²) in [6.45, 7) is 7.20. The molecule has 0 fully saturated rings. The highest BCUT2D eigenvalue weighted by Gasteiger charge is 2.17. The molecule has 0 aliphatic heterocycles. The number of aliphatic carboxylic acids is 1. The quantitative estimate of drug-likeness (QED) is 0.625. The van der Waals surface area contributed by atoms with E-state index in [9.17, 15) is 9.59 Å². The lowest BCUT2D eigenvalue weighted by Crippen LogP contribution is -2.38. The zero-order valence-corrected chi connectivity index (χ0v) is 10.9. The molecular weight excluding hydrogens is 222 g/mol. The first kappa shape index (κ1) is 15.9. The van der Waals surface area contributed by atoms with Crippen molar-refractivity contribution in [2.45, 2.75) is 46.1 Å². The largest absolute Gasteiger partial charge is 0.481 e. The lowest BCUT2D eigenvalue weighted by molar-refractivity contribution is -0.139. The number of carboxylic acids is 1. The molecule has 0 saturated carbocycles. The zero-order chi connectivity index (χ0) is 13.3. The van der Waals surface area contributed by atoms with Crippen LogP contribution in [-0.4, -0.2) is 47.7 Å². The number of ether oxygens (including phenoxy) is 1. The summed E-state index contributed by atoms with van der Waals surface area (Å²) < 4.78 is 5.16. The fourth-order valence-electron chi connectivity index (χ4n) is 1.50. The Hall–Kier alpha value is -1.10. The predicted molar refractivity (Wildman–Crippen MR) is 64.8 cm³/mol. The highest BCUT2D eigenvalue weighted by molar-refractivity contribution is 5.77. The molecule has 0 bridgehead atoms. The molecule has 0 atom stereocenters. The molecule has 0 rings (SSSR count). The van der Waals surface area contributed by atoms with Gasteiger partial charge in [-0.25, -0.2) is 0 Å². The molecule has 0 aromatic rings. The van der Waals surface area contributed by atoms with Gasteiger partial charge in [0, 0.05) is 32.2 Å². The number of carbonyl (C=O) groups excluding carboxylic acids is 1. The Morgan fingerprint density at radius 3 is 2.41 bits per heavy atom. The average molecular weight is 245 g/mol. The van der Waals surface area contributed by atoms with Crippen molar-refractivity contribution < 1.29 is 19.4 Å². The Balaban J connectivity index is 4.02. The molecule has 17 heavy (non-hydrogen) atoms. The van der Waals surface area contributed by atoms with E-state index in [-0.39, 0.29) is 24.9 Å². The van der Waals surface area contributed by atoms with Gasteiger partial charge in [-0.2, -0.15) is 0 Å². The number of carboxylic acid groups (broad SMARTS) is 1. The van der Waals surface area contributed by atoms with E-state index in [0.717, 1.165) is 0 Å². The van der Waals surface area contributed by atoms with Crippen LogP contribution >= 0.6 is 0 Å². The molecular formula is C12H23NO4. The molecule has 1 amide bonds. The van der Waals surface area contributed by atoms with E-state index < -0.39 is 5.97 Å². The molecule has 0 spiro atoms. The number of hydrogen-bond donors (Lipinski definition) is 1. The van der Waals surface area contributed by atoms with Gasteiger partial charge in [0.15, 0.2) is 0 Å². The van der Waals surface area contributed by atoms with Gasteiger partial charge in [0.25, 0.3) is 0 Å². The summed E-state index contributed by atoms with van der Waals surface area (Å²) in [5.41, 5.74) is 0. The van der Waals surface area contributed by atoms with Gasteiger partial charge in [-0.1, -0.05) is 0 Å². The van der Waals surface area contributed by atoms with Crippen LogP contribution in [0, 0.1) is 0 Å². The molecule has 0 aromatic carbocycles. The standard InChI is InChI=1S/C12H23NO4/c1-4-17-9-5-6-11(14)13(10(2)3)8-7-12(15)16/h10H,4-9H2,1-3H3,(H,15,16). The van der Waals surface area contributed by atoms with Crippen LogP contribution in [0.15, 0.2) is 0 Å². The van der Waals surface area contributed by atoms with E-state index >= 15 is 0 Å². The molecule has 0 heterocycles. The van der Waals surface area contributed by atoms with Crippen molar-refractivity contribution in [2.24, 2.45) is 0 Å². The van der Waals surface area contributed by atoms with E-state index in [0.29, 0.717) is 26.1 Å². The average Bonchev–Trinajstić information content (AvgIpc) is 2.23. The summed E-state index contributed by atoms with van der Waals surface area (Å²) in [5.74, 6) is -0.876. The van der Waals surface area contributed by atoms with Gasteiger partial charge in [-0.3, -0.25) is 9.59 Å². The smallest absolute Gasteiger partial charge is 0.305 e. The maximum absolute atomic E-state index is 11.8. The van der Waals surface area contributed by atoms with E-state index in [1.165, 1.54) is 0 Å².